The molecule has 1 N–H and O–H groups in total. The summed E-state index contributed by atoms with van der Waals surface area (Å²) in [4.78, 5) is 14.0. The van der Waals surface area contributed by atoms with E-state index in [0.717, 1.165) is 12.8 Å². The van der Waals surface area contributed by atoms with E-state index in [1.807, 2.05) is 13.8 Å². The summed E-state index contributed by atoms with van der Waals surface area (Å²) in [5.41, 5.74) is -0.403. The minimum absolute atomic E-state index is 0.0392. The summed E-state index contributed by atoms with van der Waals surface area (Å²) in [6.45, 7) is 5.50. The van der Waals surface area contributed by atoms with Crippen molar-refractivity contribution in [3.05, 3.63) is 0 Å². The smallest absolute Gasteiger partial charge is 0.251 e. The van der Waals surface area contributed by atoms with Gasteiger partial charge in [0, 0.05) is 19.7 Å². The van der Waals surface area contributed by atoms with E-state index in [9.17, 15) is 9.90 Å². The Morgan fingerprint density at radius 3 is 2.88 bits per heavy atom. The first kappa shape index (κ1) is 12.8. The molecule has 1 amide bonds. The fourth-order valence-electron chi connectivity index (χ4n) is 2.53. The van der Waals surface area contributed by atoms with Crippen LogP contribution in [0.1, 0.15) is 26.7 Å². The van der Waals surface area contributed by atoms with Gasteiger partial charge in [0.1, 0.15) is 6.10 Å². The van der Waals surface area contributed by atoms with Gasteiger partial charge in [-0.15, -0.1) is 0 Å². The molecule has 0 aromatic rings. The molecule has 2 unspecified atom stereocenters. The normalized spacial score (nSPS) is 32.8. The molecule has 5 heteroatoms. The quantitative estimate of drug-likeness (QED) is 0.751. The fourth-order valence-corrected chi connectivity index (χ4v) is 2.53. The standard InChI is InChI=1S/C12H21NO4/c1-12(2)8-13(6-9(7-14)17-12)11(15)10-4-3-5-16-10/h9-10,14H,3-8H2,1-2H3. The average molecular weight is 243 g/mol. The van der Waals surface area contributed by atoms with Crippen LogP contribution in [-0.2, 0) is 14.3 Å². The SMILES string of the molecule is CC1(C)CN(C(=O)C2CCCO2)CC(CO)O1. The van der Waals surface area contributed by atoms with E-state index in [2.05, 4.69) is 0 Å². The lowest BCUT2D eigenvalue weighted by Crippen LogP contribution is -2.57. The number of morpholine rings is 1. The van der Waals surface area contributed by atoms with Crippen molar-refractivity contribution in [2.75, 3.05) is 26.3 Å². The van der Waals surface area contributed by atoms with Gasteiger partial charge in [0.15, 0.2) is 0 Å². The van der Waals surface area contributed by atoms with Gasteiger partial charge in [-0.25, -0.2) is 0 Å². The Labute approximate surface area is 102 Å². The molecule has 0 saturated carbocycles. The van der Waals surface area contributed by atoms with Crippen molar-refractivity contribution in [3.8, 4) is 0 Å². The zero-order valence-electron chi connectivity index (χ0n) is 10.5. The van der Waals surface area contributed by atoms with E-state index >= 15 is 0 Å². The van der Waals surface area contributed by atoms with Crippen LogP contribution in [0.15, 0.2) is 0 Å². The first-order chi connectivity index (χ1) is 8.02. The Hall–Kier alpha value is -0.650. The maximum absolute atomic E-state index is 12.2. The van der Waals surface area contributed by atoms with Gasteiger partial charge in [-0.3, -0.25) is 4.79 Å². The molecule has 0 aromatic heterocycles. The third kappa shape index (κ3) is 2.97. The van der Waals surface area contributed by atoms with Crippen LogP contribution in [0.3, 0.4) is 0 Å². The monoisotopic (exact) mass is 243 g/mol. The zero-order chi connectivity index (χ0) is 12.5. The first-order valence-electron chi connectivity index (χ1n) is 6.21. The number of nitrogens with zero attached hydrogens (tertiary/aromatic N) is 1. The maximum Gasteiger partial charge on any atom is 0.251 e. The Balaban J connectivity index is 2.01. The van der Waals surface area contributed by atoms with Crippen LogP contribution in [0.2, 0.25) is 0 Å². The summed E-state index contributed by atoms with van der Waals surface area (Å²) in [7, 11) is 0. The highest BCUT2D eigenvalue weighted by Crippen LogP contribution is 2.23. The number of hydrogen-bond acceptors (Lipinski definition) is 4. The average Bonchev–Trinajstić information content (AvgIpc) is 2.79. The molecule has 2 heterocycles. The van der Waals surface area contributed by atoms with Crippen LogP contribution in [-0.4, -0.2) is 60.0 Å². The molecule has 0 spiro atoms. The van der Waals surface area contributed by atoms with E-state index in [-0.39, 0.29) is 24.7 Å². The highest BCUT2D eigenvalue weighted by atomic mass is 16.5. The van der Waals surface area contributed by atoms with E-state index in [4.69, 9.17) is 9.47 Å². The molecule has 2 atom stereocenters. The van der Waals surface area contributed by atoms with Crippen LogP contribution in [0.5, 0.6) is 0 Å². The molecule has 2 aliphatic rings. The molecule has 2 saturated heterocycles. The van der Waals surface area contributed by atoms with Crippen molar-refractivity contribution >= 4 is 5.91 Å². The molecule has 2 fully saturated rings. The van der Waals surface area contributed by atoms with Gasteiger partial charge >= 0.3 is 0 Å². The summed E-state index contributed by atoms with van der Waals surface area (Å²) in [6, 6.07) is 0. The number of aliphatic hydroxyl groups excluding tert-OH is 1. The van der Waals surface area contributed by atoms with Gasteiger partial charge in [0.25, 0.3) is 5.91 Å². The third-order valence-corrected chi connectivity index (χ3v) is 3.20. The maximum atomic E-state index is 12.2. The second-order valence-electron chi connectivity index (χ2n) is 5.40. The molecule has 0 aromatic carbocycles. The molecule has 17 heavy (non-hydrogen) atoms. The summed E-state index contributed by atoms with van der Waals surface area (Å²) >= 11 is 0. The molecular formula is C12H21NO4. The predicted octanol–water partition coefficient (Wildman–Crippen LogP) is 0.164. The van der Waals surface area contributed by atoms with Gasteiger partial charge in [-0.2, -0.15) is 0 Å². The van der Waals surface area contributed by atoms with E-state index in [1.165, 1.54) is 0 Å². The largest absolute Gasteiger partial charge is 0.394 e. The lowest BCUT2D eigenvalue weighted by Gasteiger charge is -2.42. The van der Waals surface area contributed by atoms with E-state index in [0.29, 0.717) is 19.7 Å². The number of hydrogen-bond donors (Lipinski definition) is 1. The van der Waals surface area contributed by atoms with Crippen LogP contribution in [0.25, 0.3) is 0 Å². The molecular weight excluding hydrogens is 222 g/mol. The van der Waals surface area contributed by atoms with Crippen molar-refractivity contribution < 1.29 is 19.4 Å². The van der Waals surface area contributed by atoms with E-state index < -0.39 is 5.60 Å². The fraction of sp³-hybridized carbons (Fsp3) is 0.917. The minimum atomic E-state index is -0.403. The zero-order valence-corrected chi connectivity index (χ0v) is 10.5. The Morgan fingerprint density at radius 1 is 1.53 bits per heavy atom. The highest BCUT2D eigenvalue weighted by Gasteiger charge is 2.38. The summed E-state index contributed by atoms with van der Waals surface area (Å²) < 4.78 is 11.1. The van der Waals surface area contributed by atoms with Gasteiger partial charge in [0.2, 0.25) is 0 Å². The number of amides is 1. The van der Waals surface area contributed by atoms with E-state index in [1.54, 1.807) is 4.90 Å². The second-order valence-corrected chi connectivity index (χ2v) is 5.40. The first-order valence-corrected chi connectivity index (χ1v) is 6.21. The second kappa shape index (κ2) is 4.92. The summed E-state index contributed by atoms with van der Waals surface area (Å²) in [5.74, 6) is 0.0392. The van der Waals surface area contributed by atoms with Crippen LogP contribution in [0, 0.1) is 0 Å². The highest BCUT2D eigenvalue weighted by molar-refractivity contribution is 5.81. The molecule has 2 rings (SSSR count). The third-order valence-electron chi connectivity index (χ3n) is 3.20. The number of rotatable bonds is 2. The molecule has 2 aliphatic heterocycles. The van der Waals surface area contributed by atoms with Gasteiger partial charge in [0.05, 0.1) is 18.3 Å². The number of aliphatic hydroxyl groups is 1. The Kier molecular flexibility index (Phi) is 3.70. The lowest BCUT2D eigenvalue weighted by molar-refractivity contribution is -0.173. The van der Waals surface area contributed by atoms with Gasteiger partial charge in [-0.1, -0.05) is 0 Å². The number of carbonyl (C=O) groups is 1. The van der Waals surface area contributed by atoms with Crippen molar-refractivity contribution in [3.63, 3.8) is 0 Å². The van der Waals surface area contributed by atoms with Crippen molar-refractivity contribution in [1.82, 2.24) is 4.90 Å². The topological polar surface area (TPSA) is 59.0 Å². The minimum Gasteiger partial charge on any atom is -0.394 e. The number of ether oxygens (including phenoxy) is 2. The molecule has 5 nitrogen and oxygen atoms in total. The Morgan fingerprint density at radius 2 is 2.29 bits per heavy atom. The van der Waals surface area contributed by atoms with Gasteiger partial charge < -0.3 is 19.5 Å². The van der Waals surface area contributed by atoms with Crippen molar-refractivity contribution in [1.29, 1.82) is 0 Å². The van der Waals surface area contributed by atoms with Crippen LogP contribution < -0.4 is 0 Å². The van der Waals surface area contributed by atoms with Crippen molar-refractivity contribution in [2.24, 2.45) is 0 Å². The molecule has 0 aliphatic carbocycles. The number of carbonyl (C=O) groups excluding carboxylic acids is 1. The summed E-state index contributed by atoms with van der Waals surface area (Å²) in [5, 5.41) is 9.19. The summed E-state index contributed by atoms with van der Waals surface area (Å²) in [6.07, 6.45) is 1.18. The lowest BCUT2D eigenvalue weighted by atomic mass is 10.0. The predicted molar refractivity (Wildman–Crippen MR) is 61.6 cm³/mol. The van der Waals surface area contributed by atoms with Gasteiger partial charge in [-0.05, 0) is 26.7 Å². The molecule has 98 valence electrons. The molecule has 0 bridgehead atoms. The molecule has 0 radical (unpaired) electrons. The van der Waals surface area contributed by atoms with Crippen molar-refractivity contribution in [2.45, 2.75) is 44.5 Å². The Bertz CT molecular complexity index is 286. The van der Waals surface area contributed by atoms with Crippen LogP contribution in [0.4, 0.5) is 0 Å². The van der Waals surface area contributed by atoms with Crippen LogP contribution >= 0.6 is 0 Å².